The predicted octanol–water partition coefficient (Wildman–Crippen LogP) is 1.77. The molecule has 0 aliphatic carbocycles. The summed E-state index contributed by atoms with van der Waals surface area (Å²) in [5, 5.41) is 5.56. The Kier molecular flexibility index (Phi) is 7.90. The first kappa shape index (κ1) is 18.8. The molecule has 0 spiro atoms. The molecule has 0 saturated heterocycles. The Morgan fingerprint density at radius 3 is 2.78 bits per heavy atom. The zero-order chi connectivity index (χ0) is 17.2. The van der Waals surface area contributed by atoms with Gasteiger partial charge in [0.2, 0.25) is 0 Å². The Morgan fingerprint density at radius 2 is 2.13 bits per heavy atom. The number of unbranched alkanes of at least 4 members (excludes halogenated alkanes) is 1. The summed E-state index contributed by atoms with van der Waals surface area (Å²) in [6.45, 7) is 3.95. The standard InChI is InChI=1S/C16H26N4O3/c1-3-4-5-14(10-21)20-11(2)23-16(22)19-9-12-8-13(17)6-7-15(12)18/h6-8,10-11,14,20H,3-5,9,17-18H2,1-2H3,(H,19,22)/t11?,14-/m0/s1. The maximum Gasteiger partial charge on any atom is 0.408 e. The Bertz CT molecular complexity index is 522. The van der Waals surface area contributed by atoms with Crippen LogP contribution in [0, 0.1) is 0 Å². The molecule has 6 N–H and O–H groups in total. The van der Waals surface area contributed by atoms with Crippen LogP contribution in [0.4, 0.5) is 16.2 Å². The largest absolute Gasteiger partial charge is 0.431 e. The minimum absolute atomic E-state index is 0.218. The number of nitrogen functional groups attached to an aromatic ring is 2. The molecule has 0 aliphatic rings. The Hall–Kier alpha value is -2.28. The zero-order valence-corrected chi connectivity index (χ0v) is 13.7. The van der Waals surface area contributed by atoms with Crippen LogP contribution >= 0.6 is 0 Å². The predicted molar refractivity (Wildman–Crippen MR) is 90.6 cm³/mol. The van der Waals surface area contributed by atoms with Gasteiger partial charge in [-0.15, -0.1) is 0 Å². The van der Waals surface area contributed by atoms with Crippen molar-refractivity contribution in [1.82, 2.24) is 10.6 Å². The minimum Gasteiger partial charge on any atom is -0.431 e. The first-order chi connectivity index (χ1) is 11.0. The van der Waals surface area contributed by atoms with E-state index in [1.807, 2.05) is 0 Å². The van der Waals surface area contributed by atoms with Gasteiger partial charge in [0.15, 0.2) is 6.23 Å². The molecule has 0 bridgehead atoms. The molecule has 0 fully saturated rings. The fourth-order valence-electron chi connectivity index (χ4n) is 2.10. The lowest BCUT2D eigenvalue weighted by molar-refractivity contribution is -0.110. The van der Waals surface area contributed by atoms with Crippen LogP contribution in [0.25, 0.3) is 0 Å². The number of aldehydes is 1. The third kappa shape index (κ3) is 7.01. The van der Waals surface area contributed by atoms with Crippen LogP contribution in [0.15, 0.2) is 18.2 Å². The van der Waals surface area contributed by atoms with Crippen LogP contribution < -0.4 is 22.1 Å². The number of benzene rings is 1. The van der Waals surface area contributed by atoms with Gasteiger partial charge >= 0.3 is 6.09 Å². The molecule has 1 rings (SSSR count). The maximum atomic E-state index is 11.8. The number of hydrogen-bond donors (Lipinski definition) is 4. The summed E-state index contributed by atoms with van der Waals surface area (Å²) in [7, 11) is 0. The second-order valence-corrected chi connectivity index (χ2v) is 5.41. The zero-order valence-electron chi connectivity index (χ0n) is 13.7. The minimum atomic E-state index is -0.591. The summed E-state index contributed by atoms with van der Waals surface area (Å²) in [5.41, 5.74) is 13.3. The summed E-state index contributed by atoms with van der Waals surface area (Å²) in [4.78, 5) is 22.7. The van der Waals surface area contributed by atoms with Gasteiger partial charge in [0.05, 0.1) is 6.04 Å². The lowest BCUT2D eigenvalue weighted by atomic mass is 10.1. The van der Waals surface area contributed by atoms with E-state index >= 15 is 0 Å². The summed E-state index contributed by atoms with van der Waals surface area (Å²) < 4.78 is 5.16. The molecule has 1 amide bonds. The lowest BCUT2D eigenvalue weighted by Crippen LogP contribution is -2.42. The first-order valence-electron chi connectivity index (χ1n) is 7.76. The summed E-state index contributed by atoms with van der Waals surface area (Å²) in [5.74, 6) is 0. The van der Waals surface area contributed by atoms with E-state index < -0.39 is 12.3 Å². The van der Waals surface area contributed by atoms with Crippen molar-refractivity contribution < 1.29 is 14.3 Å². The van der Waals surface area contributed by atoms with Crippen molar-refractivity contribution in [3.63, 3.8) is 0 Å². The number of nitrogens with one attached hydrogen (secondary N) is 2. The van der Waals surface area contributed by atoms with Crippen LogP contribution in [-0.4, -0.2) is 24.6 Å². The molecule has 7 heteroatoms. The second kappa shape index (κ2) is 9.68. The average molecular weight is 322 g/mol. The molecule has 1 unspecified atom stereocenters. The summed E-state index contributed by atoms with van der Waals surface area (Å²) in [6, 6.07) is 4.76. The van der Waals surface area contributed by atoms with Crippen LogP contribution in [0.5, 0.6) is 0 Å². The van der Waals surface area contributed by atoms with Crippen molar-refractivity contribution in [3.05, 3.63) is 23.8 Å². The van der Waals surface area contributed by atoms with Crippen molar-refractivity contribution in [2.75, 3.05) is 11.5 Å². The molecule has 0 aromatic heterocycles. The number of carbonyl (C=O) groups is 2. The quantitative estimate of drug-likeness (QED) is 0.312. The number of anilines is 2. The van der Waals surface area contributed by atoms with Gasteiger partial charge < -0.3 is 26.3 Å². The Labute approximate surface area is 136 Å². The number of hydrogen-bond acceptors (Lipinski definition) is 6. The number of rotatable bonds is 9. The van der Waals surface area contributed by atoms with E-state index in [1.54, 1.807) is 25.1 Å². The fourth-order valence-corrected chi connectivity index (χ4v) is 2.10. The van der Waals surface area contributed by atoms with E-state index in [9.17, 15) is 9.59 Å². The monoisotopic (exact) mass is 322 g/mol. The number of nitrogens with two attached hydrogens (primary N) is 2. The van der Waals surface area contributed by atoms with Crippen molar-refractivity contribution in [2.45, 2.75) is 51.9 Å². The molecular weight excluding hydrogens is 296 g/mol. The summed E-state index contributed by atoms with van der Waals surface area (Å²) in [6.07, 6.45) is 2.33. The Balaban J connectivity index is 2.40. The molecule has 1 aromatic carbocycles. The van der Waals surface area contributed by atoms with Gasteiger partial charge in [-0.1, -0.05) is 19.8 Å². The van der Waals surface area contributed by atoms with Crippen molar-refractivity contribution >= 4 is 23.8 Å². The van der Waals surface area contributed by atoms with Crippen LogP contribution in [0.3, 0.4) is 0 Å². The second-order valence-electron chi connectivity index (χ2n) is 5.41. The van der Waals surface area contributed by atoms with Crippen LogP contribution in [-0.2, 0) is 16.1 Å². The molecule has 2 atom stereocenters. The highest BCUT2D eigenvalue weighted by Gasteiger charge is 2.14. The lowest BCUT2D eigenvalue weighted by Gasteiger charge is -2.19. The topological polar surface area (TPSA) is 119 Å². The van der Waals surface area contributed by atoms with E-state index in [4.69, 9.17) is 16.2 Å². The third-order valence-corrected chi connectivity index (χ3v) is 3.36. The molecule has 128 valence electrons. The van der Waals surface area contributed by atoms with Crippen molar-refractivity contribution in [2.24, 2.45) is 0 Å². The van der Waals surface area contributed by atoms with E-state index in [0.717, 1.165) is 31.1 Å². The smallest absolute Gasteiger partial charge is 0.408 e. The summed E-state index contributed by atoms with van der Waals surface area (Å²) >= 11 is 0. The molecular formula is C16H26N4O3. The highest BCUT2D eigenvalue weighted by molar-refractivity contribution is 5.68. The normalized spacial score (nSPS) is 13.1. The molecule has 0 heterocycles. The highest BCUT2D eigenvalue weighted by Crippen LogP contribution is 2.15. The van der Waals surface area contributed by atoms with Gasteiger partial charge in [-0.2, -0.15) is 0 Å². The fraction of sp³-hybridized carbons (Fsp3) is 0.500. The van der Waals surface area contributed by atoms with E-state index in [0.29, 0.717) is 11.4 Å². The number of ether oxygens (including phenoxy) is 1. The van der Waals surface area contributed by atoms with Crippen molar-refractivity contribution in [1.29, 1.82) is 0 Å². The third-order valence-electron chi connectivity index (χ3n) is 3.36. The SMILES string of the molecule is CCCC[C@@H](C=O)NC(C)OC(=O)NCc1cc(N)ccc1N. The number of carbonyl (C=O) groups excluding carboxylic acids is 2. The Morgan fingerprint density at radius 1 is 1.39 bits per heavy atom. The van der Waals surface area contributed by atoms with Crippen LogP contribution in [0.2, 0.25) is 0 Å². The number of amides is 1. The molecule has 7 nitrogen and oxygen atoms in total. The molecule has 23 heavy (non-hydrogen) atoms. The van der Waals surface area contributed by atoms with Gasteiger partial charge in [0.25, 0.3) is 0 Å². The van der Waals surface area contributed by atoms with E-state index in [2.05, 4.69) is 17.6 Å². The molecule has 1 aromatic rings. The highest BCUT2D eigenvalue weighted by atomic mass is 16.6. The van der Waals surface area contributed by atoms with Gasteiger partial charge in [0.1, 0.15) is 6.29 Å². The molecule has 0 aliphatic heterocycles. The first-order valence-corrected chi connectivity index (χ1v) is 7.76. The average Bonchev–Trinajstić information content (AvgIpc) is 2.52. The number of alkyl carbamates (subject to hydrolysis) is 1. The molecule has 0 radical (unpaired) electrons. The van der Waals surface area contributed by atoms with Crippen LogP contribution in [0.1, 0.15) is 38.7 Å². The van der Waals surface area contributed by atoms with Gasteiger partial charge in [-0.05, 0) is 37.1 Å². The molecule has 0 saturated carbocycles. The van der Waals surface area contributed by atoms with E-state index in [-0.39, 0.29) is 12.6 Å². The van der Waals surface area contributed by atoms with Gasteiger partial charge in [-0.3, -0.25) is 5.32 Å². The van der Waals surface area contributed by atoms with Gasteiger partial charge in [0, 0.05) is 17.9 Å². The maximum absolute atomic E-state index is 11.8. The van der Waals surface area contributed by atoms with Crippen molar-refractivity contribution in [3.8, 4) is 0 Å². The van der Waals surface area contributed by atoms with Gasteiger partial charge in [-0.25, -0.2) is 4.79 Å². The van der Waals surface area contributed by atoms with E-state index in [1.165, 1.54) is 0 Å².